The van der Waals surface area contributed by atoms with E-state index in [0.29, 0.717) is 16.8 Å². The van der Waals surface area contributed by atoms with Gasteiger partial charge in [0.2, 0.25) is 5.78 Å². The van der Waals surface area contributed by atoms with Crippen molar-refractivity contribution in [3.8, 4) is 11.1 Å². The number of carboxylic acids is 1. The lowest BCUT2D eigenvalue weighted by Crippen LogP contribution is -2.08. The Morgan fingerprint density at radius 3 is 2.11 bits per heavy atom. The van der Waals surface area contributed by atoms with Gasteiger partial charge in [-0.2, -0.15) is 0 Å². The van der Waals surface area contributed by atoms with E-state index in [2.05, 4.69) is 4.98 Å². The van der Waals surface area contributed by atoms with Crippen LogP contribution in [0.15, 0.2) is 78.9 Å². The van der Waals surface area contributed by atoms with E-state index in [0.717, 1.165) is 22.0 Å². The number of nitrogens with one attached hydrogen (secondary N) is 1. The highest BCUT2D eigenvalue weighted by Crippen LogP contribution is 2.26. The highest BCUT2D eigenvalue weighted by atomic mass is 16.4. The second kappa shape index (κ2) is 6.92. The van der Waals surface area contributed by atoms with Crippen LogP contribution in [-0.2, 0) is 11.2 Å². The van der Waals surface area contributed by atoms with Gasteiger partial charge in [0.1, 0.15) is 0 Å². The number of rotatable bonds is 5. The minimum absolute atomic E-state index is 0.201. The summed E-state index contributed by atoms with van der Waals surface area (Å²) < 4.78 is 0. The predicted octanol–water partition coefficient (Wildman–Crippen LogP) is 4.69. The summed E-state index contributed by atoms with van der Waals surface area (Å²) in [6.07, 6.45) is -0.201. The van der Waals surface area contributed by atoms with Crippen molar-refractivity contribution in [2.24, 2.45) is 0 Å². The molecule has 132 valence electrons. The molecule has 0 saturated heterocycles. The van der Waals surface area contributed by atoms with Gasteiger partial charge in [0.25, 0.3) is 0 Å². The highest BCUT2D eigenvalue weighted by Gasteiger charge is 2.20. The van der Waals surface area contributed by atoms with Crippen LogP contribution in [0.3, 0.4) is 0 Å². The van der Waals surface area contributed by atoms with Crippen molar-refractivity contribution in [1.29, 1.82) is 0 Å². The number of fused-ring (bicyclic) bond motifs is 1. The lowest BCUT2D eigenvalue weighted by atomic mass is 9.99. The molecule has 0 amide bonds. The molecule has 4 aromatic rings. The lowest BCUT2D eigenvalue weighted by molar-refractivity contribution is -0.136. The predicted molar refractivity (Wildman–Crippen MR) is 105 cm³/mol. The molecule has 1 aromatic heterocycles. The van der Waals surface area contributed by atoms with E-state index in [9.17, 15) is 14.7 Å². The fourth-order valence-electron chi connectivity index (χ4n) is 3.32. The zero-order chi connectivity index (χ0) is 18.8. The van der Waals surface area contributed by atoms with Crippen LogP contribution in [0.25, 0.3) is 22.0 Å². The summed E-state index contributed by atoms with van der Waals surface area (Å²) in [6.45, 7) is 0. The molecule has 4 heteroatoms. The maximum Gasteiger partial charge on any atom is 0.307 e. The molecular formula is C23H17NO3. The molecule has 0 atom stereocenters. The van der Waals surface area contributed by atoms with Crippen molar-refractivity contribution in [1.82, 2.24) is 4.98 Å². The van der Waals surface area contributed by atoms with Crippen LogP contribution in [0.1, 0.15) is 21.6 Å². The normalized spacial score (nSPS) is 10.8. The summed E-state index contributed by atoms with van der Waals surface area (Å²) in [5.41, 5.74) is 4.25. The third-order valence-electron chi connectivity index (χ3n) is 4.62. The highest BCUT2D eigenvalue weighted by molar-refractivity contribution is 6.12. The molecule has 0 fully saturated rings. The molecule has 2 N–H and O–H groups in total. The SMILES string of the molecule is O=C(O)Cc1c(C(=O)c2ccc(-c3ccccc3)cc2)[nH]c2ccccc12. The van der Waals surface area contributed by atoms with Crippen LogP contribution in [0.5, 0.6) is 0 Å². The molecule has 4 rings (SSSR count). The van der Waals surface area contributed by atoms with Crippen LogP contribution in [0.2, 0.25) is 0 Å². The lowest BCUT2D eigenvalue weighted by Gasteiger charge is -2.05. The van der Waals surface area contributed by atoms with Gasteiger partial charge in [-0.15, -0.1) is 0 Å². The van der Waals surface area contributed by atoms with Crippen molar-refractivity contribution >= 4 is 22.7 Å². The summed E-state index contributed by atoms with van der Waals surface area (Å²) in [5, 5.41) is 10.0. The summed E-state index contributed by atoms with van der Waals surface area (Å²) in [4.78, 5) is 27.4. The average molecular weight is 355 g/mol. The molecule has 0 radical (unpaired) electrons. The number of aromatic nitrogens is 1. The Morgan fingerprint density at radius 2 is 1.41 bits per heavy atom. The molecule has 1 heterocycles. The van der Waals surface area contributed by atoms with Crippen LogP contribution < -0.4 is 0 Å². The van der Waals surface area contributed by atoms with Crippen molar-refractivity contribution in [2.45, 2.75) is 6.42 Å². The fraction of sp³-hybridized carbons (Fsp3) is 0.0435. The molecule has 0 aliphatic carbocycles. The van der Waals surface area contributed by atoms with Crippen molar-refractivity contribution in [2.75, 3.05) is 0 Å². The number of benzene rings is 3. The van der Waals surface area contributed by atoms with Crippen LogP contribution in [-0.4, -0.2) is 21.8 Å². The van der Waals surface area contributed by atoms with Crippen molar-refractivity contribution < 1.29 is 14.7 Å². The number of carbonyl (C=O) groups excluding carboxylic acids is 1. The molecule has 0 spiro atoms. The summed E-state index contributed by atoms with van der Waals surface area (Å²) in [5.74, 6) is -1.17. The summed E-state index contributed by atoms with van der Waals surface area (Å²) in [7, 11) is 0. The van der Waals surface area contributed by atoms with Crippen LogP contribution in [0.4, 0.5) is 0 Å². The van der Waals surface area contributed by atoms with E-state index in [1.807, 2.05) is 66.7 Å². The van der Waals surface area contributed by atoms with E-state index in [1.165, 1.54) is 0 Å². The summed E-state index contributed by atoms with van der Waals surface area (Å²) in [6, 6.07) is 24.7. The van der Waals surface area contributed by atoms with Crippen molar-refractivity contribution in [3.63, 3.8) is 0 Å². The smallest absolute Gasteiger partial charge is 0.307 e. The number of hydrogen-bond donors (Lipinski definition) is 2. The zero-order valence-electron chi connectivity index (χ0n) is 14.5. The Labute approximate surface area is 156 Å². The second-order valence-electron chi connectivity index (χ2n) is 6.37. The Bertz CT molecular complexity index is 1130. The molecular weight excluding hydrogens is 338 g/mol. The molecule has 0 unspecified atom stereocenters. The van der Waals surface area contributed by atoms with Gasteiger partial charge in [-0.05, 0) is 17.2 Å². The van der Waals surface area contributed by atoms with E-state index >= 15 is 0 Å². The minimum atomic E-state index is -0.965. The first-order chi connectivity index (χ1) is 13.1. The van der Waals surface area contributed by atoms with Gasteiger partial charge >= 0.3 is 5.97 Å². The maximum atomic E-state index is 13.0. The number of ketones is 1. The van der Waals surface area contributed by atoms with Crippen LogP contribution >= 0.6 is 0 Å². The van der Waals surface area contributed by atoms with E-state index in [1.54, 1.807) is 12.1 Å². The third kappa shape index (κ3) is 3.25. The number of carboxylic acid groups (broad SMARTS) is 1. The largest absolute Gasteiger partial charge is 0.481 e. The summed E-state index contributed by atoms with van der Waals surface area (Å²) >= 11 is 0. The van der Waals surface area contributed by atoms with Gasteiger partial charge in [-0.1, -0.05) is 72.8 Å². The van der Waals surface area contributed by atoms with Gasteiger partial charge in [0.05, 0.1) is 12.1 Å². The second-order valence-corrected chi connectivity index (χ2v) is 6.37. The molecule has 0 bridgehead atoms. The van der Waals surface area contributed by atoms with Gasteiger partial charge in [0, 0.05) is 22.0 Å². The number of aliphatic carboxylic acids is 1. The molecule has 0 saturated carbocycles. The molecule has 0 aliphatic heterocycles. The third-order valence-corrected chi connectivity index (χ3v) is 4.62. The monoisotopic (exact) mass is 355 g/mol. The number of hydrogen-bond acceptors (Lipinski definition) is 2. The first-order valence-electron chi connectivity index (χ1n) is 8.65. The Hall–Kier alpha value is -3.66. The van der Waals surface area contributed by atoms with E-state index in [-0.39, 0.29) is 12.2 Å². The Morgan fingerprint density at radius 1 is 0.778 bits per heavy atom. The van der Waals surface area contributed by atoms with E-state index in [4.69, 9.17) is 0 Å². The molecule has 27 heavy (non-hydrogen) atoms. The van der Waals surface area contributed by atoms with Gasteiger partial charge in [-0.25, -0.2) is 0 Å². The maximum absolute atomic E-state index is 13.0. The van der Waals surface area contributed by atoms with Gasteiger partial charge in [0.15, 0.2) is 0 Å². The number of aromatic amines is 1. The molecule has 4 nitrogen and oxygen atoms in total. The quantitative estimate of drug-likeness (QED) is 0.510. The topological polar surface area (TPSA) is 70.2 Å². The standard InChI is InChI=1S/C23H17NO3/c25-21(26)14-19-18-8-4-5-9-20(18)24-22(19)23(27)17-12-10-16(11-13-17)15-6-2-1-3-7-15/h1-13,24H,14H2,(H,25,26). The molecule has 0 aliphatic rings. The van der Waals surface area contributed by atoms with Crippen LogP contribution in [0, 0.1) is 0 Å². The zero-order valence-corrected chi connectivity index (χ0v) is 14.5. The fourth-order valence-corrected chi connectivity index (χ4v) is 3.32. The number of para-hydroxylation sites is 1. The number of H-pyrrole nitrogens is 1. The van der Waals surface area contributed by atoms with Gasteiger partial charge in [-0.3, -0.25) is 9.59 Å². The minimum Gasteiger partial charge on any atom is -0.481 e. The Kier molecular flexibility index (Phi) is 4.30. The van der Waals surface area contributed by atoms with E-state index < -0.39 is 5.97 Å². The molecule has 3 aromatic carbocycles. The first-order valence-corrected chi connectivity index (χ1v) is 8.65. The Balaban J connectivity index is 1.73. The number of carbonyl (C=O) groups is 2. The average Bonchev–Trinajstić information content (AvgIpc) is 3.06. The first kappa shape index (κ1) is 16.8. The van der Waals surface area contributed by atoms with Crippen molar-refractivity contribution in [3.05, 3.63) is 95.7 Å². The van der Waals surface area contributed by atoms with Gasteiger partial charge < -0.3 is 10.1 Å².